The summed E-state index contributed by atoms with van der Waals surface area (Å²) in [6.07, 6.45) is 1.49. The second-order valence-electron chi connectivity index (χ2n) is 5.52. The lowest BCUT2D eigenvalue weighted by Crippen LogP contribution is -2.18. The van der Waals surface area contributed by atoms with Gasteiger partial charge in [-0.05, 0) is 47.5 Å². The minimum atomic E-state index is -0.595. The third-order valence-electron chi connectivity index (χ3n) is 3.63. The van der Waals surface area contributed by atoms with Crippen molar-refractivity contribution in [3.05, 3.63) is 101 Å². The van der Waals surface area contributed by atoms with Crippen molar-refractivity contribution >= 4 is 12.1 Å². The monoisotopic (exact) mass is 348 g/mol. The maximum Gasteiger partial charge on any atom is 0.274 e. The van der Waals surface area contributed by atoms with Crippen molar-refractivity contribution in [1.82, 2.24) is 5.43 Å². The molecule has 3 aromatic rings. The van der Waals surface area contributed by atoms with E-state index in [0.29, 0.717) is 6.61 Å². The SMILES string of the molecule is O=C(N/N=C\c1ccc(OCc2ccccc2)cc1)c1ccccc1F. The molecule has 130 valence electrons. The summed E-state index contributed by atoms with van der Waals surface area (Å²) >= 11 is 0. The number of carbonyl (C=O) groups excluding carboxylic acids is 1. The Kier molecular flexibility index (Phi) is 5.72. The van der Waals surface area contributed by atoms with E-state index in [0.717, 1.165) is 16.9 Å². The van der Waals surface area contributed by atoms with Gasteiger partial charge >= 0.3 is 0 Å². The molecule has 0 aliphatic heterocycles. The Morgan fingerprint density at radius 1 is 0.962 bits per heavy atom. The van der Waals surface area contributed by atoms with Crippen LogP contribution < -0.4 is 10.2 Å². The van der Waals surface area contributed by atoms with Gasteiger partial charge in [0, 0.05) is 0 Å². The highest BCUT2D eigenvalue weighted by molar-refractivity contribution is 5.95. The van der Waals surface area contributed by atoms with E-state index in [1.807, 2.05) is 54.6 Å². The van der Waals surface area contributed by atoms with Crippen LogP contribution in [0.3, 0.4) is 0 Å². The fraction of sp³-hybridized carbons (Fsp3) is 0.0476. The molecule has 0 fully saturated rings. The van der Waals surface area contributed by atoms with Gasteiger partial charge in [0.1, 0.15) is 18.2 Å². The maximum atomic E-state index is 13.5. The van der Waals surface area contributed by atoms with Crippen molar-refractivity contribution in [2.24, 2.45) is 5.10 Å². The van der Waals surface area contributed by atoms with Gasteiger partial charge in [-0.25, -0.2) is 9.82 Å². The zero-order chi connectivity index (χ0) is 18.2. The van der Waals surface area contributed by atoms with Crippen molar-refractivity contribution in [3.8, 4) is 5.75 Å². The number of amides is 1. The molecule has 0 aliphatic carbocycles. The molecule has 26 heavy (non-hydrogen) atoms. The van der Waals surface area contributed by atoms with Crippen molar-refractivity contribution in [1.29, 1.82) is 0 Å². The van der Waals surface area contributed by atoms with Crippen LogP contribution in [0.4, 0.5) is 4.39 Å². The molecule has 1 amide bonds. The number of carbonyl (C=O) groups is 1. The predicted octanol–water partition coefficient (Wildman–Crippen LogP) is 4.17. The third-order valence-corrected chi connectivity index (χ3v) is 3.63. The molecule has 0 saturated carbocycles. The van der Waals surface area contributed by atoms with Gasteiger partial charge in [0.25, 0.3) is 5.91 Å². The van der Waals surface area contributed by atoms with Crippen molar-refractivity contribution in [2.75, 3.05) is 0 Å². The van der Waals surface area contributed by atoms with E-state index in [1.54, 1.807) is 6.07 Å². The van der Waals surface area contributed by atoms with E-state index in [1.165, 1.54) is 24.4 Å². The van der Waals surface area contributed by atoms with E-state index in [4.69, 9.17) is 4.74 Å². The molecule has 3 aromatic carbocycles. The van der Waals surface area contributed by atoms with Gasteiger partial charge in [0.15, 0.2) is 0 Å². The van der Waals surface area contributed by atoms with Gasteiger partial charge < -0.3 is 4.74 Å². The number of hydrazone groups is 1. The van der Waals surface area contributed by atoms with E-state index >= 15 is 0 Å². The number of ether oxygens (including phenoxy) is 1. The molecule has 0 spiro atoms. The number of benzene rings is 3. The molecule has 0 saturated heterocycles. The Morgan fingerprint density at radius 3 is 2.38 bits per heavy atom. The molecule has 0 aliphatic rings. The first-order chi connectivity index (χ1) is 12.7. The topological polar surface area (TPSA) is 50.7 Å². The first-order valence-electron chi connectivity index (χ1n) is 8.07. The van der Waals surface area contributed by atoms with Crippen LogP contribution in [0, 0.1) is 5.82 Å². The average molecular weight is 348 g/mol. The largest absolute Gasteiger partial charge is 0.489 e. The summed E-state index contributed by atoms with van der Waals surface area (Å²) in [4.78, 5) is 11.8. The molecule has 0 radical (unpaired) electrons. The smallest absolute Gasteiger partial charge is 0.274 e. The molecule has 0 heterocycles. The van der Waals surface area contributed by atoms with Crippen LogP contribution >= 0.6 is 0 Å². The summed E-state index contributed by atoms with van der Waals surface area (Å²) in [7, 11) is 0. The van der Waals surface area contributed by atoms with Crippen molar-refractivity contribution in [3.63, 3.8) is 0 Å². The highest BCUT2D eigenvalue weighted by Crippen LogP contribution is 2.13. The van der Waals surface area contributed by atoms with Gasteiger partial charge in [-0.15, -0.1) is 0 Å². The molecule has 0 aromatic heterocycles. The minimum Gasteiger partial charge on any atom is -0.489 e. The second kappa shape index (κ2) is 8.58. The number of rotatable bonds is 6. The van der Waals surface area contributed by atoms with Crippen LogP contribution in [-0.4, -0.2) is 12.1 Å². The van der Waals surface area contributed by atoms with E-state index < -0.39 is 11.7 Å². The fourth-order valence-corrected chi connectivity index (χ4v) is 2.26. The fourth-order valence-electron chi connectivity index (χ4n) is 2.26. The lowest BCUT2D eigenvalue weighted by molar-refractivity contribution is 0.0951. The van der Waals surface area contributed by atoms with Crippen LogP contribution in [0.15, 0.2) is 84.0 Å². The summed E-state index contributed by atoms with van der Waals surface area (Å²) in [6, 6.07) is 22.9. The van der Waals surface area contributed by atoms with Gasteiger partial charge in [-0.2, -0.15) is 5.10 Å². The summed E-state index contributed by atoms with van der Waals surface area (Å²) in [5, 5.41) is 3.85. The predicted molar refractivity (Wildman–Crippen MR) is 98.7 cm³/mol. The summed E-state index contributed by atoms with van der Waals surface area (Å²) in [6.45, 7) is 0.493. The Bertz CT molecular complexity index is 893. The Morgan fingerprint density at radius 2 is 1.65 bits per heavy atom. The average Bonchev–Trinajstić information content (AvgIpc) is 2.68. The molecule has 0 atom stereocenters. The Balaban J connectivity index is 1.53. The van der Waals surface area contributed by atoms with Gasteiger partial charge in [-0.3, -0.25) is 4.79 Å². The molecular formula is C21H17FN2O2. The van der Waals surface area contributed by atoms with Crippen LogP contribution in [-0.2, 0) is 6.61 Å². The highest BCUT2D eigenvalue weighted by Gasteiger charge is 2.09. The third kappa shape index (κ3) is 4.77. The first kappa shape index (κ1) is 17.4. The van der Waals surface area contributed by atoms with Crippen LogP contribution in [0.2, 0.25) is 0 Å². The highest BCUT2D eigenvalue weighted by atomic mass is 19.1. The molecule has 5 heteroatoms. The van der Waals surface area contributed by atoms with Crippen molar-refractivity contribution < 1.29 is 13.9 Å². The van der Waals surface area contributed by atoms with Crippen LogP contribution in [0.5, 0.6) is 5.75 Å². The molecule has 3 rings (SSSR count). The standard InChI is InChI=1S/C21H17FN2O2/c22-20-9-5-4-8-19(20)21(25)24-23-14-16-10-12-18(13-11-16)26-15-17-6-2-1-3-7-17/h1-14H,15H2,(H,24,25)/b23-14-. The normalized spacial score (nSPS) is 10.7. The van der Waals surface area contributed by atoms with Gasteiger partial charge in [0.05, 0.1) is 11.8 Å². The number of hydrogen-bond acceptors (Lipinski definition) is 3. The zero-order valence-corrected chi connectivity index (χ0v) is 13.9. The van der Waals surface area contributed by atoms with Crippen LogP contribution in [0.1, 0.15) is 21.5 Å². The quantitative estimate of drug-likeness (QED) is 0.537. The molecule has 4 nitrogen and oxygen atoms in total. The Hall–Kier alpha value is -3.47. The molecule has 1 N–H and O–H groups in total. The number of nitrogens with one attached hydrogen (secondary N) is 1. The lowest BCUT2D eigenvalue weighted by atomic mass is 10.2. The van der Waals surface area contributed by atoms with Crippen molar-refractivity contribution in [2.45, 2.75) is 6.61 Å². The second-order valence-corrected chi connectivity index (χ2v) is 5.52. The number of hydrogen-bond donors (Lipinski definition) is 1. The number of halogens is 1. The van der Waals surface area contributed by atoms with Crippen LogP contribution in [0.25, 0.3) is 0 Å². The maximum absolute atomic E-state index is 13.5. The molecular weight excluding hydrogens is 331 g/mol. The number of nitrogens with zero attached hydrogens (tertiary/aromatic N) is 1. The minimum absolute atomic E-state index is 0.0469. The van der Waals surface area contributed by atoms with E-state index in [-0.39, 0.29) is 5.56 Å². The zero-order valence-electron chi connectivity index (χ0n) is 13.9. The molecule has 0 bridgehead atoms. The first-order valence-corrected chi connectivity index (χ1v) is 8.07. The van der Waals surface area contributed by atoms with Gasteiger partial charge in [-0.1, -0.05) is 42.5 Å². The summed E-state index contributed by atoms with van der Waals surface area (Å²) in [5.74, 6) is -0.441. The van der Waals surface area contributed by atoms with E-state index in [2.05, 4.69) is 10.5 Å². The molecule has 0 unspecified atom stereocenters. The lowest BCUT2D eigenvalue weighted by Gasteiger charge is -2.06. The van der Waals surface area contributed by atoms with Gasteiger partial charge in [0.2, 0.25) is 0 Å². The Labute approximate surface area is 150 Å². The summed E-state index contributed by atoms with van der Waals surface area (Å²) < 4.78 is 19.2. The summed E-state index contributed by atoms with van der Waals surface area (Å²) in [5.41, 5.74) is 4.14. The van der Waals surface area contributed by atoms with E-state index in [9.17, 15) is 9.18 Å².